The van der Waals surface area contributed by atoms with E-state index in [2.05, 4.69) is 20.6 Å². The Morgan fingerprint density at radius 2 is 1.62 bits per heavy atom. The van der Waals surface area contributed by atoms with Gasteiger partial charge in [-0.15, -0.1) is 0 Å². The van der Waals surface area contributed by atoms with Crippen molar-refractivity contribution in [1.29, 1.82) is 0 Å². The Bertz CT molecular complexity index is 897. The van der Waals surface area contributed by atoms with E-state index in [-0.39, 0.29) is 17.3 Å². The van der Waals surface area contributed by atoms with Gasteiger partial charge in [-0.1, -0.05) is 35.3 Å². The lowest BCUT2D eigenvalue weighted by atomic mass is 10.2. The Labute approximate surface area is 159 Å². The molecule has 0 unspecified atom stereocenters. The minimum Gasteiger partial charge on any atom is -0.350 e. The second-order valence-corrected chi connectivity index (χ2v) is 6.26. The molecule has 0 atom stereocenters. The Hall–Kier alpha value is -2.70. The van der Waals surface area contributed by atoms with Gasteiger partial charge in [0.2, 0.25) is 5.95 Å². The molecule has 0 bridgehead atoms. The maximum Gasteiger partial charge on any atom is 0.258 e. The summed E-state index contributed by atoms with van der Waals surface area (Å²) >= 11 is 11.8. The number of rotatable bonds is 5. The van der Waals surface area contributed by atoms with Crippen LogP contribution in [-0.4, -0.2) is 15.9 Å². The molecule has 0 aliphatic carbocycles. The zero-order chi connectivity index (χ0) is 18.5. The van der Waals surface area contributed by atoms with Crippen LogP contribution in [0.4, 0.5) is 16.0 Å². The van der Waals surface area contributed by atoms with Crippen LogP contribution in [0, 0.1) is 5.82 Å². The highest BCUT2D eigenvalue weighted by Crippen LogP contribution is 2.22. The van der Waals surface area contributed by atoms with Gasteiger partial charge in [0.1, 0.15) is 5.82 Å². The first-order chi connectivity index (χ1) is 12.5. The summed E-state index contributed by atoms with van der Waals surface area (Å²) in [6, 6.07) is 10.8. The van der Waals surface area contributed by atoms with E-state index >= 15 is 0 Å². The number of aromatic nitrogens is 2. The minimum absolute atomic E-state index is 0.286. The summed E-state index contributed by atoms with van der Waals surface area (Å²) in [5.41, 5.74) is 1.65. The number of nitrogens with one attached hydrogen (secondary N) is 2. The van der Waals surface area contributed by atoms with Crippen molar-refractivity contribution in [1.82, 2.24) is 9.97 Å². The van der Waals surface area contributed by atoms with Gasteiger partial charge in [0.05, 0.1) is 5.56 Å². The molecule has 0 aliphatic rings. The number of halogens is 3. The highest BCUT2D eigenvalue weighted by molar-refractivity contribution is 6.35. The number of amides is 1. The third kappa shape index (κ3) is 4.91. The molecule has 1 heterocycles. The maximum atomic E-state index is 12.9. The second kappa shape index (κ2) is 8.12. The van der Waals surface area contributed by atoms with E-state index in [0.29, 0.717) is 28.2 Å². The number of benzene rings is 2. The van der Waals surface area contributed by atoms with Crippen molar-refractivity contribution < 1.29 is 9.18 Å². The molecule has 3 rings (SSSR count). The van der Waals surface area contributed by atoms with Crippen molar-refractivity contribution in [3.05, 3.63) is 81.8 Å². The third-order valence-electron chi connectivity index (χ3n) is 3.40. The maximum absolute atomic E-state index is 12.9. The van der Waals surface area contributed by atoms with Crippen LogP contribution < -0.4 is 10.6 Å². The lowest BCUT2D eigenvalue weighted by Crippen LogP contribution is -2.13. The van der Waals surface area contributed by atoms with Gasteiger partial charge in [0.15, 0.2) is 0 Å². The van der Waals surface area contributed by atoms with Crippen LogP contribution in [0.3, 0.4) is 0 Å². The van der Waals surface area contributed by atoms with Crippen molar-refractivity contribution in [2.24, 2.45) is 0 Å². The minimum atomic E-state index is -0.381. The predicted molar refractivity (Wildman–Crippen MR) is 100 cm³/mol. The molecule has 2 aromatic carbocycles. The predicted octanol–water partition coefficient (Wildman–Crippen LogP) is 4.79. The van der Waals surface area contributed by atoms with E-state index in [1.807, 2.05) is 0 Å². The molecule has 0 aliphatic heterocycles. The normalized spacial score (nSPS) is 10.4. The molecular weight excluding hydrogens is 378 g/mol. The van der Waals surface area contributed by atoms with Gasteiger partial charge in [0.25, 0.3) is 5.91 Å². The van der Waals surface area contributed by atoms with Gasteiger partial charge in [-0.3, -0.25) is 4.79 Å². The highest BCUT2D eigenvalue weighted by Gasteiger charge is 2.09. The molecule has 0 saturated heterocycles. The number of hydrogen-bond acceptors (Lipinski definition) is 4. The summed E-state index contributed by atoms with van der Waals surface area (Å²) in [5.74, 6) is -0.313. The summed E-state index contributed by atoms with van der Waals surface area (Å²) in [5, 5.41) is 6.52. The average molecular weight is 391 g/mol. The summed E-state index contributed by atoms with van der Waals surface area (Å²) in [7, 11) is 0. The van der Waals surface area contributed by atoms with Gasteiger partial charge in [-0.2, -0.15) is 0 Å². The summed E-state index contributed by atoms with van der Waals surface area (Å²) < 4.78 is 12.9. The van der Waals surface area contributed by atoms with Crippen LogP contribution in [0.15, 0.2) is 54.9 Å². The van der Waals surface area contributed by atoms with Gasteiger partial charge >= 0.3 is 0 Å². The van der Waals surface area contributed by atoms with E-state index in [9.17, 15) is 9.18 Å². The third-order valence-corrected chi connectivity index (χ3v) is 3.83. The number of hydrogen-bond donors (Lipinski definition) is 2. The van der Waals surface area contributed by atoms with Gasteiger partial charge in [-0.25, -0.2) is 14.4 Å². The lowest BCUT2D eigenvalue weighted by molar-refractivity contribution is 0.102. The molecule has 0 spiro atoms. The number of anilines is 2. The molecule has 0 saturated carbocycles. The molecule has 26 heavy (non-hydrogen) atoms. The summed E-state index contributed by atoms with van der Waals surface area (Å²) in [6.07, 6.45) is 2.81. The van der Waals surface area contributed by atoms with Crippen molar-refractivity contribution in [3.63, 3.8) is 0 Å². The van der Waals surface area contributed by atoms with E-state index in [0.717, 1.165) is 5.56 Å². The molecule has 0 fully saturated rings. The van der Waals surface area contributed by atoms with E-state index in [1.165, 1.54) is 24.5 Å². The van der Waals surface area contributed by atoms with Crippen LogP contribution in [0.5, 0.6) is 0 Å². The van der Waals surface area contributed by atoms with Crippen molar-refractivity contribution >= 4 is 40.7 Å². The fourth-order valence-corrected chi connectivity index (χ4v) is 2.68. The second-order valence-electron chi connectivity index (χ2n) is 5.39. The summed E-state index contributed by atoms with van der Waals surface area (Å²) in [4.78, 5) is 20.4. The molecule has 5 nitrogen and oxygen atoms in total. The first-order valence-corrected chi connectivity index (χ1v) is 8.33. The van der Waals surface area contributed by atoms with Gasteiger partial charge in [0, 0.05) is 34.7 Å². The SMILES string of the molecule is O=C(Nc1cc(Cl)cc(Cl)c1)c1cnc(NCc2ccc(F)cc2)nc1. The van der Waals surface area contributed by atoms with Gasteiger partial charge < -0.3 is 10.6 Å². The van der Waals surface area contributed by atoms with E-state index < -0.39 is 0 Å². The fraction of sp³-hybridized carbons (Fsp3) is 0.0556. The van der Waals surface area contributed by atoms with Crippen LogP contribution in [-0.2, 0) is 6.54 Å². The Morgan fingerprint density at radius 3 is 2.23 bits per heavy atom. The van der Waals surface area contributed by atoms with Gasteiger partial charge in [-0.05, 0) is 35.9 Å². The average Bonchev–Trinajstić information content (AvgIpc) is 2.61. The Morgan fingerprint density at radius 1 is 1.00 bits per heavy atom. The van der Waals surface area contributed by atoms with E-state index in [1.54, 1.807) is 30.3 Å². The molecule has 132 valence electrons. The molecule has 8 heteroatoms. The zero-order valence-electron chi connectivity index (χ0n) is 13.3. The standard InChI is InChI=1S/C18H13Cl2FN4O/c19-13-5-14(20)7-16(6-13)25-17(26)12-9-23-18(24-10-12)22-8-11-1-3-15(21)4-2-11/h1-7,9-10H,8H2,(H,25,26)(H,22,23,24). The molecule has 1 aromatic heterocycles. The molecular formula is C18H13Cl2FN4O. The van der Waals surface area contributed by atoms with Crippen LogP contribution >= 0.6 is 23.2 Å². The summed E-state index contributed by atoms with van der Waals surface area (Å²) in [6.45, 7) is 0.437. The Kier molecular flexibility index (Phi) is 5.65. The largest absolute Gasteiger partial charge is 0.350 e. The first kappa shape index (κ1) is 18.1. The topological polar surface area (TPSA) is 66.9 Å². The lowest BCUT2D eigenvalue weighted by Gasteiger charge is -2.07. The van der Waals surface area contributed by atoms with Crippen molar-refractivity contribution in [2.75, 3.05) is 10.6 Å². The molecule has 2 N–H and O–H groups in total. The van der Waals surface area contributed by atoms with Crippen LogP contribution in [0.2, 0.25) is 10.0 Å². The van der Waals surface area contributed by atoms with Crippen molar-refractivity contribution in [3.8, 4) is 0 Å². The number of carbonyl (C=O) groups is 1. The van der Waals surface area contributed by atoms with Crippen molar-refractivity contribution in [2.45, 2.75) is 6.54 Å². The Balaban J connectivity index is 1.61. The molecule has 3 aromatic rings. The first-order valence-electron chi connectivity index (χ1n) is 7.57. The van der Waals surface area contributed by atoms with E-state index in [4.69, 9.17) is 23.2 Å². The zero-order valence-corrected chi connectivity index (χ0v) is 14.9. The molecule has 1 amide bonds. The smallest absolute Gasteiger partial charge is 0.258 e. The van der Waals surface area contributed by atoms with Crippen LogP contribution in [0.1, 0.15) is 15.9 Å². The number of nitrogens with zero attached hydrogens (tertiary/aromatic N) is 2. The quantitative estimate of drug-likeness (QED) is 0.657. The molecule has 0 radical (unpaired) electrons. The highest BCUT2D eigenvalue weighted by atomic mass is 35.5. The fourth-order valence-electron chi connectivity index (χ4n) is 2.15. The number of carbonyl (C=O) groups excluding carboxylic acids is 1. The van der Waals surface area contributed by atoms with Crippen LogP contribution in [0.25, 0.3) is 0 Å². The monoisotopic (exact) mass is 390 g/mol.